The van der Waals surface area contributed by atoms with Gasteiger partial charge in [-0.3, -0.25) is 4.79 Å². The molecule has 11 heavy (non-hydrogen) atoms. The lowest BCUT2D eigenvalue weighted by molar-refractivity contribution is 0.101. The molecular weight excluding hydrogens is 205 g/mol. The van der Waals surface area contributed by atoms with Crippen LogP contribution in [0.2, 0.25) is 5.02 Å². The van der Waals surface area contributed by atoms with Crippen molar-refractivity contribution in [3.63, 3.8) is 0 Å². The highest BCUT2D eigenvalue weighted by Gasteiger charge is 2.08. The van der Waals surface area contributed by atoms with E-state index in [1.54, 1.807) is 11.4 Å². The fraction of sp³-hybridized carbons (Fsp3) is 0.167. The van der Waals surface area contributed by atoms with E-state index < -0.39 is 0 Å². The second-order valence-electron chi connectivity index (χ2n) is 1.72. The molecule has 0 saturated heterocycles. The Labute approximate surface area is 79.8 Å². The van der Waals surface area contributed by atoms with E-state index in [1.165, 1.54) is 11.3 Å². The summed E-state index contributed by atoms with van der Waals surface area (Å²) in [4.78, 5) is 11.5. The smallest absolute Gasteiger partial charge is 0.187 e. The fourth-order valence-corrected chi connectivity index (χ4v) is 1.70. The Hall–Kier alpha value is -0.0900. The van der Waals surface area contributed by atoms with Gasteiger partial charge in [0.2, 0.25) is 0 Å². The summed E-state index contributed by atoms with van der Waals surface area (Å²) < 4.78 is 0. The maximum absolute atomic E-state index is 10.9. The van der Waals surface area contributed by atoms with Gasteiger partial charge in [0.05, 0.1) is 16.4 Å². The van der Waals surface area contributed by atoms with Gasteiger partial charge in [-0.1, -0.05) is 11.6 Å². The summed E-state index contributed by atoms with van der Waals surface area (Å²) in [6, 6.07) is 1.69. The van der Waals surface area contributed by atoms with Gasteiger partial charge in [0.25, 0.3) is 0 Å². The minimum Gasteiger partial charge on any atom is -0.324 e. The van der Waals surface area contributed by atoms with Crippen molar-refractivity contribution in [2.24, 2.45) is 5.73 Å². The van der Waals surface area contributed by atoms with Crippen molar-refractivity contribution in [2.75, 3.05) is 6.54 Å². The van der Waals surface area contributed by atoms with E-state index in [0.29, 0.717) is 9.90 Å². The lowest BCUT2D eigenvalue weighted by Gasteiger charge is -1.90. The molecule has 0 aromatic carbocycles. The number of rotatable bonds is 2. The standard InChI is InChI=1S/C6H6ClNOS.ClH/c7-4-1-2-10-6(4)5(9)3-8;/h1-2H,3,8H2;1H. The van der Waals surface area contributed by atoms with Crippen molar-refractivity contribution in [3.05, 3.63) is 21.3 Å². The van der Waals surface area contributed by atoms with Gasteiger partial charge in [-0.05, 0) is 11.4 Å². The molecule has 0 aliphatic carbocycles. The van der Waals surface area contributed by atoms with Crippen molar-refractivity contribution in [2.45, 2.75) is 0 Å². The Morgan fingerprint density at radius 1 is 1.73 bits per heavy atom. The normalized spacial score (nSPS) is 8.91. The predicted octanol–water partition coefficient (Wildman–Crippen LogP) is 1.96. The van der Waals surface area contributed by atoms with Gasteiger partial charge < -0.3 is 5.73 Å². The third kappa shape index (κ3) is 2.45. The second-order valence-corrected chi connectivity index (χ2v) is 3.05. The Kier molecular flexibility index (Phi) is 4.68. The van der Waals surface area contributed by atoms with E-state index in [1.807, 2.05) is 0 Å². The largest absolute Gasteiger partial charge is 0.324 e. The van der Waals surface area contributed by atoms with Crippen molar-refractivity contribution in [1.29, 1.82) is 0 Å². The van der Waals surface area contributed by atoms with Gasteiger partial charge in [0.1, 0.15) is 0 Å². The molecule has 1 rings (SSSR count). The van der Waals surface area contributed by atoms with Gasteiger partial charge >= 0.3 is 0 Å². The zero-order chi connectivity index (χ0) is 7.56. The monoisotopic (exact) mass is 211 g/mol. The highest BCUT2D eigenvalue weighted by atomic mass is 35.5. The van der Waals surface area contributed by atoms with Gasteiger partial charge in [-0.2, -0.15) is 0 Å². The summed E-state index contributed by atoms with van der Waals surface area (Å²) in [5, 5.41) is 2.27. The molecule has 2 nitrogen and oxygen atoms in total. The quantitative estimate of drug-likeness (QED) is 0.761. The predicted molar refractivity (Wildman–Crippen MR) is 50.0 cm³/mol. The highest BCUT2D eigenvalue weighted by Crippen LogP contribution is 2.21. The highest BCUT2D eigenvalue weighted by molar-refractivity contribution is 7.12. The van der Waals surface area contributed by atoms with Gasteiger partial charge in [-0.15, -0.1) is 23.7 Å². The molecule has 1 heterocycles. The maximum Gasteiger partial charge on any atom is 0.187 e. The van der Waals surface area contributed by atoms with Crippen LogP contribution in [0.5, 0.6) is 0 Å². The topological polar surface area (TPSA) is 43.1 Å². The van der Waals surface area contributed by atoms with Crippen LogP contribution in [-0.2, 0) is 0 Å². The molecule has 2 N–H and O–H groups in total. The molecule has 0 saturated carbocycles. The van der Waals surface area contributed by atoms with Crippen LogP contribution in [0.1, 0.15) is 9.67 Å². The van der Waals surface area contributed by atoms with Crippen LogP contribution in [0.15, 0.2) is 11.4 Å². The van der Waals surface area contributed by atoms with Crippen molar-refractivity contribution >= 4 is 41.1 Å². The molecule has 5 heteroatoms. The van der Waals surface area contributed by atoms with Gasteiger partial charge in [-0.25, -0.2) is 0 Å². The average Bonchev–Trinajstić information content (AvgIpc) is 2.34. The Balaban J connectivity index is 0.000001000. The molecule has 0 aliphatic rings. The van der Waals surface area contributed by atoms with E-state index in [2.05, 4.69) is 0 Å². The van der Waals surface area contributed by atoms with E-state index in [-0.39, 0.29) is 24.7 Å². The maximum atomic E-state index is 10.9. The van der Waals surface area contributed by atoms with Crippen LogP contribution < -0.4 is 5.73 Å². The minimum absolute atomic E-state index is 0. The molecule has 0 fully saturated rings. The molecular formula is C6H7Cl2NOS. The van der Waals surface area contributed by atoms with Crippen LogP contribution in [0.3, 0.4) is 0 Å². The zero-order valence-electron chi connectivity index (χ0n) is 5.54. The Morgan fingerprint density at radius 2 is 2.36 bits per heavy atom. The number of hydrogen-bond acceptors (Lipinski definition) is 3. The van der Waals surface area contributed by atoms with Crippen LogP contribution in [-0.4, -0.2) is 12.3 Å². The van der Waals surface area contributed by atoms with Crippen molar-refractivity contribution < 1.29 is 4.79 Å². The Morgan fingerprint density at radius 3 is 2.73 bits per heavy atom. The molecule has 0 aliphatic heterocycles. The fourth-order valence-electron chi connectivity index (χ4n) is 0.585. The Bertz CT molecular complexity index is 248. The number of nitrogens with two attached hydrogens (primary N) is 1. The SMILES string of the molecule is Cl.NCC(=O)c1sccc1Cl. The van der Waals surface area contributed by atoms with Crippen molar-refractivity contribution in [3.8, 4) is 0 Å². The molecule has 0 unspecified atom stereocenters. The number of carbonyl (C=O) groups is 1. The number of halogens is 2. The molecule has 0 amide bonds. The first-order chi connectivity index (χ1) is 4.75. The third-order valence-corrected chi connectivity index (χ3v) is 2.44. The lowest BCUT2D eigenvalue weighted by Crippen LogP contribution is -2.12. The minimum atomic E-state index is -0.0972. The van der Waals surface area contributed by atoms with E-state index in [9.17, 15) is 4.79 Å². The molecule has 1 aromatic heterocycles. The van der Waals surface area contributed by atoms with E-state index in [4.69, 9.17) is 17.3 Å². The van der Waals surface area contributed by atoms with Gasteiger partial charge in [0.15, 0.2) is 5.78 Å². The first-order valence-electron chi connectivity index (χ1n) is 2.72. The molecule has 62 valence electrons. The summed E-state index contributed by atoms with van der Waals surface area (Å²) in [5.41, 5.74) is 5.13. The zero-order valence-corrected chi connectivity index (χ0v) is 7.93. The average molecular weight is 212 g/mol. The third-order valence-electron chi connectivity index (χ3n) is 1.06. The number of thiophene rings is 1. The first kappa shape index (κ1) is 10.9. The molecule has 0 bridgehead atoms. The number of carbonyl (C=O) groups excluding carboxylic acids is 1. The number of ketones is 1. The van der Waals surface area contributed by atoms with Crippen LogP contribution in [0, 0.1) is 0 Å². The molecule has 0 atom stereocenters. The second kappa shape index (κ2) is 4.72. The van der Waals surface area contributed by atoms with Crippen LogP contribution in [0.25, 0.3) is 0 Å². The number of Topliss-reactive ketones (excluding diaryl/α,β-unsaturated/α-hetero) is 1. The summed E-state index contributed by atoms with van der Waals surface area (Å²) in [5.74, 6) is -0.0972. The van der Waals surface area contributed by atoms with Crippen molar-refractivity contribution in [1.82, 2.24) is 0 Å². The van der Waals surface area contributed by atoms with E-state index >= 15 is 0 Å². The summed E-state index contributed by atoms with van der Waals surface area (Å²) in [7, 11) is 0. The summed E-state index contributed by atoms with van der Waals surface area (Å²) in [6.45, 7) is 0.0280. The molecule has 0 spiro atoms. The van der Waals surface area contributed by atoms with Crippen LogP contribution in [0.4, 0.5) is 0 Å². The van der Waals surface area contributed by atoms with E-state index in [0.717, 1.165) is 0 Å². The van der Waals surface area contributed by atoms with Gasteiger partial charge in [0, 0.05) is 0 Å². The van der Waals surface area contributed by atoms with Crippen LogP contribution >= 0.6 is 35.3 Å². The molecule has 1 aromatic rings. The summed E-state index contributed by atoms with van der Waals surface area (Å²) in [6.07, 6.45) is 0. The summed E-state index contributed by atoms with van der Waals surface area (Å²) >= 11 is 6.97. The number of hydrogen-bond donors (Lipinski definition) is 1. The lowest BCUT2D eigenvalue weighted by atomic mass is 10.3. The molecule has 0 radical (unpaired) electrons. The first-order valence-corrected chi connectivity index (χ1v) is 3.97.